The fourth-order valence-electron chi connectivity index (χ4n) is 4.97. The number of ether oxygens (including phenoxy) is 1. The largest absolute Gasteiger partial charge is 0.481 e. The number of carbonyl (C=O) groups is 2. The molecule has 2 aliphatic heterocycles. The number of nitrogens with zero attached hydrogens (tertiary/aromatic N) is 1. The highest BCUT2D eigenvalue weighted by Gasteiger charge is 2.51. The normalized spacial score (nSPS) is 24.6. The summed E-state index contributed by atoms with van der Waals surface area (Å²) in [4.78, 5) is 27.7. The van der Waals surface area contributed by atoms with Crippen molar-refractivity contribution in [1.82, 2.24) is 10.3 Å². The van der Waals surface area contributed by atoms with Crippen LogP contribution in [0.5, 0.6) is 0 Å². The maximum Gasteiger partial charge on any atom is 0.303 e. The number of hydrogen-bond donors (Lipinski definition) is 2. The van der Waals surface area contributed by atoms with E-state index in [-0.39, 0.29) is 36.4 Å². The molecule has 2 aliphatic rings. The van der Waals surface area contributed by atoms with Gasteiger partial charge in [-0.2, -0.15) is 0 Å². The molecule has 4 atom stereocenters. The smallest absolute Gasteiger partial charge is 0.303 e. The van der Waals surface area contributed by atoms with Crippen LogP contribution in [0, 0.1) is 11.3 Å². The minimum atomic E-state index is -0.785. The molecule has 0 aliphatic carbocycles. The Morgan fingerprint density at radius 1 is 1.15 bits per heavy atom. The topological polar surface area (TPSA) is 102 Å². The van der Waals surface area contributed by atoms with E-state index in [1.807, 2.05) is 12.2 Å². The zero-order chi connectivity index (χ0) is 23.8. The van der Waals surface area contributed by atoms with Crippen molar-refractivity contribution in [3.8, 4) is 0 Å². The molecule has 0 saturated carbocycles. The molecule has 3 rings (SSSR count). The number of rotatable bonds is 13. The highest BCUT2D eigenvalue weighted by molar-refractivity contribution is 5.91. The van der Waals surface area contributed by atoms with Gasteiger partial charge in [0.2, 0.25) is 5.89 Å². The third kappa shape index (κ3) is 7.70. The molecule has 1 amide bonds. The van der Waals surface area contributed by atoms with Crippen LogP contribution in [0.3, 0.4) is 0 Å². The molecule has 1 aromatic heterocycles. The van der Waals surface area contributed by atoms with Gasteiger partial charge in [0.15, 0.2) is 5.69 Å². The molecule has 2 bridgehead atoms. The lowest BCUT2D eigenvalue weighted by atomic mass is 9.77. The summed E-state index contributed by atoms with van der Waals surface area (Å²) in [7, 11) is 0. The lowest BCUT2D eigenvalue weighted by Crippen LogP contribution is -2.26. The van der Waals surface area contributed by atoms with E-state index in [0.717, 1.165) is 32.1 Å². The standard InChI is InChI=1S/C26H40N2O5/c1-26(2,3)15-9-4-5-10-16-27-24(31)19-17-32-25(28-19)23-18(20-13-14-21(23)33-20)11-7-6-8-12-22(29)30/h6-7,17-18,20-21,23H,4-5,8-16H2,1-3H3,(H,27,31)(H,29,30)/b7-6+. The van der Waals surface area contributed by atoms with E-state index >= 15 is 0 Å². The molecule has 184 valence electrons. The molecule has 7 heteroatoms. The van der Waals surface area contributed by atoms with Crippen LogP contribution in [0.25, 0.3) is 0 Å². The van der Waals surface area contributed by atoms with Gasteiger partial charge in [-0.3, -0.25) is 9.59 Å². The number of carboxylic acids is 1. The number of aromatic nitrogens is 1. The summed E-state index contributed by atoms with van der Waals surface area (Å²) >= 11 is 0. The van der Waals surface area contributed by atoms with Crippen LogP contribution < -0.4 is 5.32 Å². The molecule has 3 heterocycles. The second kappa shape index (κ2) is 11.8. The highest BCUT2D eigenvalue weighted by atomic mass is 16.5. The summed E-state index contributed by atoms with van der Waals surface area (Å²) in [6, 6.07) is 0. The summed E-state index contributed by atoms with van der Waals surface area (Å²) in [5.41, 5.74) is 0.717. The summed E-state index contributed by atoms with van der Waals surface area (Å²) in [6.45, 7) is 7.45. The monoisotopic (exact) mass is 460 g/mol. The minimum Gasteiger partial charge on any atom is -0.481 e. The van der Waals surface area contributed by atoms with Crippen LogP contribution in [-0.2, 0) is 9.53 Å². The first kappa shape index (κ1) is 25.5. The Morgan fingerprint density at radius 2 is 1.91 bits per heavy atom. The van der Waals surface area contributed by atoms with Crippen molar-refractivity contribution in [3.63, 3.8) is 0 Å². The Hall–Kier alpha value is -2.15. The maximum atomic E-state index is 12.5. The van der Waals surface area contributed by atoms with Gasteiger partial charge >= 0.3 is 5.97 Å². The van der Waals surface area contributed by atoms with Crippen LogP contribution in [0.1, 0.15) is 107 Å². The SMILES string of the molecule is CC(C)(C)CCCCCCNC(=O)c1coc(C2C3CCC(O3)C2C/C=C/CCC(=O)O)n1. The molecule has 33 heavy (non-hydrogen) atoms. The predicted octanol–water partition coefficient (Wildman–Crippen LogP) is 5.47. The number of unbranched alkanes of at least 4 members (excludes halogenated alkanes) is 3. The molecule has 2 N–H and O–H groups in total. The average Bonchev–Trinajstić information content (AvgIpc) is 3.47. The van der Waals surface area contributed by atoms with Crippen molar-refractivity contribution in [2.24, 2.45) is 11.3 Å². The Labute approximate surface area is 197 Å². The summed E-state index contributed by atoms with van der Waals surface area (Å²) < 4.78 is 11.9. The molecule has 1 aromatic rings. The van der Waals surface area contributed by atoms with Gasteiger partial charge in [-0.25, -0.2) is 4.98 Å². The van der Waals surface area contributed by atoms with Crippen LogP contribution in [0.15, 0.2) is 22.8 Å². The fraction of sp³-hybridized carbons (Fsp3) is 0.731. The second-order valence-electron chi connectivity index (χ2n) is 10.7. The zero-order valence-electron chi connectivity index (χ0n) is 20.3. The number of amides is 1. The first-order chi connectivity index (χ1) is 15.7. The molecule has 0 spiro atoms. The number of nitrogens with one attached hydrogen (secondary N) is 1. The van der Waals surface area contributed by atoms with Crippen LogP contribution in [-0.4, -0.2) is 40.7 Å². The Balaban J connectivity index is 1.45. The van der Waals surface area contributed by atoms with Gasteiger partial charge in [-0.1, -0.05) is 52.2 Å². The molecule has 0 radical (unpaired) electrons. The third-order valence-corrected chi connectivity index (χ3v) is 6.70. The van der Waals surface area contributed by atoms with Gasteiger partial charge in [0.25, 0.3) is 5.91 Å². The molecular formula is C26H40N2O5. The van der Waals surface area contributed by atoms with E-state index in [0.29, 0.717) is 30.0 Å². The lowest BCUT2D eigenvalue weighted by molar-refractivity contribution is -0.136. The van der Waals surface area contributed by atoms with Gasteiger partial charge in [-0.05, 0) is 43.9 Å². The number of hydrogen-bond acceptors (Lipinski definition) is 5. The number of allylic oxidation sites excluding steroid dienone is 2. The Kier molecular flexibility index (Phi) is 9.12. The van der Waals surface area contributed by atoms with Crippen LogP contribution >= 0.6 is 0 Å². The van der Waals surface area contributed by atoms with Gasteiger partial charge < -0.3 is 19.6 Å². The predicted molar refractivity (Wildman–Crippen MR) is 126 cm³/mol. The maximum absolute atomic E-state index is 12.5. The molecule has 7 nitrogen and oxygen atoms in total. The number of oxazole rings is 1. The molecular weight excluding hydrogens is 420 g/mol. The second-order valence-corrected chi connectivity index (χ2v) is 10.7. The minimum absolute atomic E-state index is 0.0391. The van der Waals surface area contributed by atoms with E-state index in [4.69, 9.17) is 14.3 Å². The first-order valence-corrected chi connectivity index (χ1v) is 12.5. The van der Waals surface area contributed by atoms with Gasteiger partial charge in [0.05, 0.1) is 18.1 Å². The van der Waals surface area contributed by atoms with E-state index in [1.165, 1.54) is 25.5 Å². The van der Waals surface area contributed by atoms with E-state index < -0.39 is 5.97 Å². The van der Waals surface area contributed by atoms with Crippen molar-refractivity contribution in [2.75, 3.05) is 6.54 Å². The average molecular weight is 461 g/mol. The summed E-state index contributed by atoms with van der Waals surface area (Å²) in [5, 5.41) is 11.7. The van der Waals surface area contributed by atoms with E-state index in [9.17, 15) is 9.59 Å². The summed E-state index contributed by atoms with van der Waals surface area (Å²) in [6.07, 6.45) is 14.9. The van der Waals surface area contributed by atoms with Crippen molar-refractivity contribution < 1.29 is 23.8 Å². The quantitative estimate of drug-likeness (QED) is 0.299. The first-order valence-electron chi connectivity index (χ1n) is 12.5. The lowest BCUT2D eigenvalue weighted by Gasteiger charge is -2.24. The third-order valence-electron chi connectivity index (χ3n) is 6.70. The number of carbonyl (C=O) groups excluding carboxylic acids is 1. The van der Waals surface area contributed by atoms with Crippen molar-refractivity contribution >= 4 is 11.9 Å². The molecule has 2 fully saturated rings. The molecule has 2 saturated heterocycles. The van der Waals surface area contributed by atoms with Gasteiger partial charge in [0, 0.05) is 18.9 Å². The van der Waals surface area contributed by atoms with Crippen LogP contribution in [0.2, 0.25) is 0 Å². The van der Waals surface area contributed by atoms with Crippen molar-refractivity contribution in [3.05, 3.63) is 30.0 Å². The molecule has 0 aromatic carbocycles. The molecule has 4 unspecified atom stereocenters. The van der Waals surface area contributed by atoms with Crippen molar-refractivity contribution in [1.29, 1.82) is 0 Å². The van der Waals surface area contributed by atoms with Gasteiger partial charge in [-0.15, -0.1) is 0 Å². The van der Waals surface area contributed by atoms with Gasteiger partial charge in [0.1, 0.15) is 6.26 Å². The van der Waals surface area contributed by atoms with Crippen molar-refractivity contribution in [2.45, 2.75) is 103 Å². The zero-order valence-corrected chi connectivity index (χ0v) is 20.3. The Morgan fingerprint density at radius 3 is 2.67 bits per heavy atom. The number of fused-ring (bicyclic) bond motifs is 2. The fourth-order valence-corrected chi connectivity index (χ4v) is 4.97. The number of aliphatic carboxylic acids is 1. The number of carboxylic acid groups (broad SMARTS) is 1. The Bertz CT molecular complexity index is 810. The van der Waals surface area contributed by atoms with E-state index in [1.54, 1.807) is 0 Å². The van der Waals surface area contributed by atoms with E-state index in [2.05, 4.69) is 31.1 Å². The van der Waals surface area contributed by atoms with Crippen LogP contribution in [0.4, 0.5) is 0 Å². The highest BCUT2D eigenvalue weighted by Crippen LogP contribution is 2.50. The summed E-state index contributed by atoms with van der Waals surface area (Å²) in [5.74, 6) is -0.107.